The second kappa shape index (κ2) is 5.02. The molecule has 92 valence electrons. The van der Waals surface area contributed by atoms with Crippen molar-refractivity contribution in [1.82, 2.24) is 0 Å². The minimum atomic E-state index is 0.175. The van der Waals surface area contributed by atoms with Gasteiger partial charge < -0.3 is 9.47 Å². The molecule has 1 atom stereocenters. The number of halogens is 1. The first-order chi connectivity index (χ1) is 8.84. The predicted molar refractivity (Wildman–Crippen MR) is 74.6 cm³/mol. The number of hydrogen-bond acceptors (Lipinski definition) is 2. The van der Waals surface area contributed by atoms with Gasteiger partial charge in [-0.25, -0.2) is 0 Å². The second-order valence-electron chi connectivity index (χ2n) is 4.18. The van der Waals surface area contributed by atoms with Gasteiger partial charge in [0.2, 0.25) is 0 Å². The van der Waals surface area contributed by atoms with Crippen LogP contribution in [0.4, 0.5) is 0 Å². The first kappa shape index (κ1) is 11.6. The van der Waals surface area contributed by atoms with Gasteiger partial charge in [0.15, 0.2) is 11.5 Å². The lowest BCUT2D eigenvalue weighted by molar-refractivity contribution is 0.171. The van der Waals surface area contributed by atoms with Crippen LogP contribution in [0.1, 0.15) is 16.0 Å². The van der Waals surface area contributed by atoms with Gasteiger partial charge in [-0.05, 0) is 23.3 Å². The molecule has 0 aromatic heterocycles. The van der Waals surface area contributed by atoms with E-state index in [9.17, 15) is 0 Å². The lowest BCUT2D eigenvalue weighted by Gasteiger charge is -2.20. The van der Waals surface area contributed by atoms with E-state index in [2.05, 4.69) is 34.1 Å². The van der Waals surface area contributed by atoms with Crippen molar-refractivity contribution in [2.24, 2.45) is 0 Å². The number of hydrogen-bond donors (Lipinski definition) is 0. The topological polar surface area (TPSA) is 18.5 Å². The number of benzene rings is 2. The van der Waals surface area contributed by atoms with E-state index in [1.807, 2.05) is 30.3 Å². The van der Waals surface area contributed by atoms with Gasteiger partial charge in [-0.15, -0.1) is 0 Å². The van der Waals surface area contributed by atoms with Crippen LogP contribution in [0.15, 0.2) is 48.5 Å². The molecule has 1 unspecified atom stereocenters. The molecule has 2 aromatic rings. The molecule has 0 fully saturated rings. The monoisotopic (exact) mass is 304 g/mol. The Bertz CT molecular complexity index is 539. The SMILES string of the molecule is BrC(c1ccccc1)c1ccc2c(c1)OCCO2. The van der Waals surface area contributed by atoms with Crippen LogP contribution in [0, 0.1) is 0 Å². The maximum atomic E-state index is 5.60. The smallest absolute Gasteiger partial charge is 0.161 e. The van der Waals surface area contributed by atoms with E-state index in [0.29, 0.717) is 13.2 Å². The Kier molecular flexibility index (Phi) is 3.24. The van der Waals surface area contributed by atoms with Gasteiger partial charge in [-0.2, -0.15) is 0 Å². The molecule has 2 nitrogen and oxygen atoms in total. The molecule has 0 amide bonds. The highest BCUT2D eigenvalue weighted by Gasteiger charge is 2.16. The fourth-order valence-corrected chi connectivity index (χ4v) is 2.62. The Labute approximate surface area is 115 Å². The molecule has 0 spiro atoms. The lowest BCUT2D eigenvalue weighted by atomic mass is 10.0. The quantitative estimate of drug-likeness (QED) is 0.782. The highest BCUT2D eigenvalue weighted by molar-refractivity contribution is 9.09. The molecule has 0 aliphatic carbocycles. The van der Waals surface area contributed by atoms with E-state index >= 15 is 0 Å². The normalized spacial score (nSPS) is 15.2. The third-order valence-electron chi connectivity index (χ3n) is 2.95. The zero-order chi connectivity index (χ0) is 12.4. The number of alkyl halides is 1. The summed E-state index contributed by atoms with van der Waals surface area (Å²) in [5.41, 5.74) is 2.40. The van der Waals surface area contributed by atoms with Gasteiger partial charge in [-0.3, -0.25) is 0 Å². The van der Waals surface area contributed by atoms with Gasteiger partial charge in [0, 0.05) is 0 Å². The molecule has 0 saturated heterocycles. The van der Waals surface area contributed by atoms with Crippen LogP contribution in [0.5, 0.6) is 11.5 Å². The maximum absolute atomic E-state index is 5.60. The van der Waals surface area contributed by atoms with Crippen molar-refractivity contribution in [2.45, 2.75) is 4.83 Å². The van der Waals surface area contributed by atoms with Crippen LogP contribution in [0.25, 0.3) is 0 Å². The average Bonchev–Trinajstić information content (AvgIpc) is 2.47. The minimum absolute atomic E-state index is 0.175. The van der Waals surface area contributed by atoms with Gasteiger partial charge in [0.05, 0.1) is 4.83 Å². The highest BCUT2D eigenvalue weighted by Crippen LogP contribution is 2.37. The van der Waals surface area contributed by atoms with Gasteiger partial charge in [0.1, 0.15) is 13.2 Å². The van der Waals surface area contributed by atoms with Crippen LogP contribution in [0.2, 0.25) is 0 Å². The molecule has 3 rings (SSSR count). The molecule has 3 heteroatoms. The van der Waals surface area contributed by atoms with Crippen LogP contribution >= 0.6 is 15.9 Å². The Hall–Kier alpha value is -1.48. The molecule has 1 aliphatic rings. The van der Waals surface area contributed by atoms with Crippen molar-refractivity contribution < 1.29 is 9.47 Å². The molecule has 2 aromatic carbocycles. The molecule has 0 bridgehead atoms. The Morgan fingerprint density at radius 2 is 1.56 bits per heavy atom. The van der Waals surface area contributed by atoms with Crippen molar-refractivity contribution >= 4 is 15.9 Å². The van der Waals surface area contributed by atoms with Gasteiger partial charge >= 0.3 is 0 Å². The summed E-state index contributed by atoms with van der Waals surface area (Å²) in [5, 5.41) is 0. The summed E-state index contributed by atoms with van der Waals surface area (Å²) in [6.07, 6.45) is 0. The molecule has 18 heavy (non-hydrogen) atoms. The standard InChI is InChI=1S/C15H13BrO2/c16-15(11-4-2-1-3-5-11)12-6-7-13-14(10-12)18-9-8-17-13/h1-7,10,15H,8-9H2. The molecule has 0 radical (unpaired) electrons. The number of ether oxygens (including phenoxy) is 2. The molecular formula is C15H13BrO2. The highest BCUT2D eigenvalue weighted by atomic mass is 79.9. The Balaban J connectivity index is 1.93. The summed E-state index contributed by atoms with van der Waals surface area (Å²) in [6, 6.07) is 16.4. The van der Waals surface area contributed by atoms with Crippen molar-refractivity contribution in [3.8, 4) is 11.5 Å². The van der Waals surface area contributed by atoms with Crippen molar-refractivity contribution in [2.75, 3.05) is 13.2 Å². The number of rotatable bonds is 2. The van der Waals surface area contributed by atoms with Crippen LogP contribution in [0.3, 0.4) is 0 Å². The fraction of sp³-hybridized carbons (Fsp3) is 0.200. The van der Waals surface area contributed by atoms with E-state index in [1.165, 1.54) is 11.1 Å². The van der Waals surface area contributed by atoms with E-state index in [0.717, 1.165) is 11.5 Å². The first-order valence-corrected chi connectivity index (χ1v) is 6.85. The summed E-state index contributed by atoms with van der Waals surface area (Å²) < 4.78 is 11.1. The number of fused-ring (bicyclic) bond motifs is 1. The summed E-state index contributed by atoms with van der Waals surface area (Å²) >= 11 is 3.73. The van der Waals surface area contributed by atoms with Crippen LogP contribution in [-0.2, 0) is 0 Å². The van der Waals surface area contributed by atoms with Gasteiger partial charge in [-0.1, -0.05) is 52.3 Å². The summed E-state index contributed by atoms with van der Waals surface area (Å²) in [6.45, 7) is 1.25. The van der Waals surface area contributed by atoms with E-state index in [-0.39, 0.29) is 4.83 Å². The summed E-state index contributed by atoms with van der Waals surface area (Å²) in [4.78, 5) is 0.175. The minimum Gasteiger partial charge on any atom is -0.486 e. The molecule has 0 N–H and O–H groups in total. The molecule has 0 saturated carbocycles. The van der Waals surface area contributed by atoms with Gasteiger partial charge in [0.25, 0.3) is 0 Å². The zero-order valence-electron chi connectivity index (χ0n) is 9.80. The lowest BCUT2D eigenvalue weighted by Crippen LogP contribution is -2.15. The van der Waals surface area contributed by atoms with Crippen molar-refractivity contribution in [1.29, 1.82) is 0 Å². The second-order valence-corrected chi connectivity index (χ2v) is 5.09. The van der Waals surface area contributed by atoms with E-state index in [4.69, 9.17) is 9.47 Å². The largest absolute Gasteiger partial charge is 0.486 e. The van der Waals surface area contributed by atoms with Crippen molar-refractivity contribution in [3.05, 3.63) is 59.7 Å². The molecular weight excluding hydrogens is 292 g/mol. The third-order valence-corrected chi connectivity index (χ3v) is 4.01. The third kappa shape index (κ3) is 2.23. The predicted octanol–water partition coefficient (Wildman–Crippen LogP) is 3.94. The first-order valence-electron chi connectivity index (χ1n) is 5.93. The average molecular weight is 305 g/mol. The van der Waals surface area contributed by atoms with Crippen LogP contribution < -0.4 is 9.47 Å². The Morgan fingerprint density at radius 1 is 0.833 bits per heavy atom. The van der Waals surface area contributed by atoms with Crippen LogP contribution in [-0.4, -0.2) is 13.2 Å². The molecule has 1 heterocycles. The zero-order valence-corrected chi connectivity index (χ0v) is 11.4. The fourth-order valence-electron chi connectivity index (χ4n) is 2.03. The maximum Gasteiger partial charge on any atom is 0.161 e. The Morgan fingerprint density at radius 3 is 2.33 bits per heavy atom. The summed E-state index contributed by atoms with van der Waals surface area (Å²) in [7, 11) is 0. The van der Waals surface area contributed by atoms with E-state index < -0.39 is 0 Å². The van der Waals surface area contributed by atoms with E-state index in [1.54, 1.807) is 0 Å². The van der Waals surface area contributed by atoms with Crippen molar-refractivity contribution in [3.63, 3.8) is 0 Å². The summed E-state index contributed by atoms with van der Waals surface area (Å²) in [5.74, 6) is 1.66. The molecule has 1 aliphatic heterocycles.